The Labute approximate surface area is 74.5 Å². The molecule has 62 valence electrons. The molecule has 1 aromatic rings. The Morgan fingerprint density at radius 1 is 1.73 bits per heavy atom. The van der Waals surface area contributed by atoms with E-state index in [1.165, 1.54) is 0 Å². The van der Waals surface area contributed by atoms with Crippen molar-refractivity contribution in [2.45, 2.75) is 6.10 Å². The van der Waals surface area contributed by atoms with Crippen molar-refractivity contribution in [1.29, 1.82) is 0 Å². The van der Waals surface area contributed by atoms with E-state index in [-0.39, 0.29) is 0 Å². The van der Waals surface area contributed by atoms with Gasteiger partial charge in [-0.2, -0.15) is 11.8 Å². The van der Waals surface area contributed by atoms with E-state index in [0.29, 0.717) is 16.7 Å². The lowest BCUT2D eigenvalue weighted by Crippen LogP contribution is -1.97. The number of hydrogen-bond donors (Lipinski definition) is 1. The maximum Gasteiger partial charge on any atom is 0.193 e. The average molecular weight is 193 g/mol. The largest absolute Gasteiger partial charge is 0.447 e. The van der Waals surface area contributed by atoms with Gasteiger partial charge < -0.3 is 9.52 Å². The average Bonchev–Trinajstić information content (AvgIpc) is 2.36. The lowest BCUT2D eigenvalue weighted by atomic mass is 10.3. The number of aliphatic hydroxyl groups excluding tert-OH is 1. The van der Waals surface area contributed by atoms with Crippen molar-refractivity contribution >= 4 is 23.4 Å². The lowest BCUT2D eigenvalue weighted by Gasteiger charge is -2.03. The van der Waals surface area contributed by atoms with Gasteiger partial charge in [-0.3, -0.25) is 0 Å². The topological polar surface area (TPSA) is 33.4 Å². The van der Waals surface area contributed by atoms with Crippen LogP contribution in [0.3, 0.4) is 0 Å². The molecule has 0 aromatic carbocycles. The number of rotatable bonds is 3. The van der Waals surface area contributed by atoms with Crippen molar-refractivity contribution in [2.75, 3.05) is 12.0 Å². The van der Waals surface area contributed by atoms with Crippen LogP contribution in [0, 0.1) is 0 Å². The first-order valence-corrected chi connectivity index (χ1v) is 4.93. The third kappa shape index (κ3) is 2.43. The molecule has 0 amide bonds. The fourth-order valence-electron chi connectivity index (χ4n) is 0.747. The van der Waals surface area contributed by atoms with Gasteiger partial charge in [0.25, 0.3) is 0 Å². The second-order valence-electron chi connectivity index (χ2n) is 2.11. The normalized spacial score (nSPS) is 13.4. The highest BCUT2D eigenvalue weighted by atomic mass is 35.5. The van der Waals surface area contributed by atoms with E-state index in [0.717, 1.165) is 0 Å². The smallest absolute Gasteiger partial charge is 0.193 e. The molecule has 0 fully saturated rings. The van der Waals surface area contributed by atoms with Crippen LogP contribution in [-0.4, -0.2) is 17.1 Å². The molecule has 2 nitrogen and oxygen atoms in total. The Morgan fingerprint density at radius 2 is 2.45 bits per heavy atom. The molecule has 0 aliphatic heterocycles. The highest BCUT2D eigenvalue weighted by Crippen LogP contribution is 2.21. The predicted octanol–water partition coefficient (Wildman–Crippen LogP) is 2.33. The number of furan rings is 1. The summed E-state index contributed by atoms with van der Waals surface area (Å²) in [5, 5.41) is 9.68. The maximum absolute atomic E-state index is 9.36. The van der Waals surface area contributed by atoms with Crippen LogP contribution in [0.15, 0.2) is 16.5 Å². The zero-order valence-corrected chi connectivity index (χ0v) is 7.65. The third-order valence-electron chi connectivity index (χ3n) is 1.25. The zero-order valence-electron chi connectivity index (χ0n) is 6.08. The van der Waals surface area contributed by atoms with E-state index >= 15 is 0 Å². The molecule has 0 spiro atoms. The Hall–Kier alpha value is -0.120. The molecule has 4 heteroatoms. The van der Waals surface area contributed by atoms with Crippen LogP contribution in [0.25, 0.3) is 0 Å². The summed E-state index contributed by atoms with van der Waals surface area (Å²) in [7, 11) is 0. The van der Waals surface area contributed by atoms with Crippen molar-refractivity contribution in [3.63, 3.8) is 0 Å². The molecule has 0 saturated carbocycles. The molecule has 1 heterocycles. The molecule has 1 unspecified atom stereocenters. The summed E-state index contributed by atoms with van der Waals surface area (Å²) in [6.07, 6.45) is 1.38. The summed E-state index contributed by atoms with van der Waals surface area (Å²) in [5.74, 6) is 1.16. The second kappa shape index (κ2) is 4.04. The van der Waals surface area contributed by atoms with Crippen LogP contribution in [0.2, 0.25) is 5.22 Å². The minimum absolute atomic E-state index is 0.320. The highest BCUT2D eigenvalue weighted by Gasteiger charge is 2.10. The summed E-state index contributed by atoms with van der Waals surface area (Å²) in [6.45, 7) is 0. The minimum Gasteiger partial charge on any atom is -0.447 e. The number of hydrogen-bond acceptors (Lipinski definition) is 3. The van der Waals surface area contributed by atoms with Crippen LogP contribution < -0.4 is 0 Å². The van der Waals surface area contributed by atoms with Gasteiger partial charge in [-0.05, 0) is 30.0 Å². The fourth-order valence-corrected chi connectivity index (χ4v) is 1.38. The van der Waals surface area contributed by atoms with Crippen LogP contribution in [0.5, 0.6) is 0 Å². The molecule has 1 N–H and O–H groups in total. The predicted molar refractivity (Wildman–Crippen MR) is 47.1 cm³/mol. The van der Waals surface area contributed by atoms with E-state index in [2.05, 4.69) is 0 Å². The van der Waals surface area contributed by atoms with E-state index in [9.17, 15) is 5.11 Å². The van der Waals surface area contributed by atoms with Crippen LogP contribution in [0.1, 0.15) is 11.9 Å². The van der Waals surface area contributed by atoms with Gasteiger partial charge in [0.05, 0.1) is 0 Å². The molecular weight excluding hydrogens is 184 g/mol. The van der Waals surface area contributed by atoms with E-state index in [1.54, 1.807) is 23.9 Å². The maximum atomic E-state index is 9.36. The Balaban J connectivity index is 2.60. The first-order valence-electron chi connectivity index (χ1n) is 3.16. The zero-order chi connectivity index (χ0) is 8.27. The molecule has 0 aliphatic rings. The summed E-state index contributed by atoms with van der Waals surface area (Å²) in [6, 6.07) is 3.31. The molecule has 1 aromatic heterocycles. The second-order valence-corrected chi connectivity index (χ2v) is 3.40. The van der Waals surface area contributed by atoms with Gasteiger partial charge in [0.15, 0.2) is 5.22 Å². The Kier molecular flexibility index (Phi) is 3.30. The quantitative estimate of drug-likeness (QED) is 0.798. The van der Waals surface area contributed by atoms with Crippen LogP contribution >= 0.6 is 23.4 Å². The molecule has 0 aliphatic carbocycles. The molecule has 11 heavy (non-hydrogen) atoms. The van der Waals surface area contributed by atoms with Gasteiger partial charge in [0.2, 0.25) is 0 Å². The van der Waals surface area contributed by atoms with Crippen LogP contribution in [-0.2, 0) is 0 Å². The van der Waals surface area contributed by atoms with Gasteiger partial charge in [-0.25, -0.2) is 0 Å². The number of aliphatic hydroxyl groups is 1. The fraction of sp³-hybridized carbons (Fsp3) is 0.429. The Bertz CT molecular complexity index is 224. The SMILES string of the molecule is CSCC(O)c1ccc(Cl)o1. The summed E-state index contributed by atoms with van der Waals surface area (Å²) in [5.41, 5.74) is 0. The Morgan fingerprint density at radius 3 is 2.91 bits per heavy atom. The number of halogens is 1. The van der Waals surface area contributed by atoms with E-state index in [1.807, 2.05) is 6.26 Å². The monoisotopic (exact) mass is 192 g/mol. The standard InChI is InChI=1S/C7H9ClO2S/c1-11-4-5(9)6-2-3-7(8)10-6/h2-3,5,9H,4H2,1H3. The molecule has 1 rings (SSSR count). The lowest BCUT2D eigenvalue weighted by molar-refractivity contribution is 0.174. The van der Waals surface area contributed by atoms with Gasteiger partial charge in [0.1, 0.15) is 11.9 Å². The van der Waals surface area contributed by atoms with Crippen molar-refractivity contribution < 1.29 is 9.52 Å². The van der Waals surface area contributed by atoms with E-state index < -0.39 is 6.10 Å². The van der Waals surface area contributed by atoms with Crippen molar-refractivity contribution in [2.24, 2.45) is 0 Å². The highest BCUT2D eigenvalue weighted by molar-refractivity contribution is 7.98. The van der Waals surface area contributed by atoms with Gasteiger partial charge in [-0.1, -0.05) is 0 Å². The summed E-state index contributed by atoms with van der Waals surface area (Å²) < 4.78 is 5.00. The van der Waals surface area contributed by atoms with E-state index in [4.69, 9.17) is 16.0 Å². The van der Waals surface area contributed by atoms with Crippen molar-refractivity contribution in [3.8, 4) is 0 Å². The summed E-state index contributed by atoms with van der Waals surface area (Å²) in [4.78, 5) is 0. The molecular formula is C7H9ClO2S. The first-order chi connectivity index (χ1) is 5.24. The molecule has 0 bridgehead atoms. The summed E-state index contributed by atoms with van der Waals surface area (Å²) >= 11 is 7.08. The molecule has 0 saturated heterocycles. The van der Waals surface area contributed by atoms with Crippen molar-refractivity contribution in [1.82, 2.24) is 0 Å². The number of thioether (sulfide) groups is 1. The van der Waals surface area contributed by atoms with Gasteiger partial charge in [-0.15, -0.1) is 0 Å². The van der Waals surface area contributed by atoms with Crippen LogP contribution in [0.4, 0.5) is 0 Å². The van der Waals surface area contributed by atoms with Gasteiger partial charge >= 0.3 is 0 Å². The van der Waals surface area contributed by atoms with Crippen molar-refractivity contribution in [3.05, 3.63) is 23.1 Å². The third-order valence-corrected chi connectivity index (χ3v) is 2.10. The molecule has 0 radical (unpaired) electrons. The molecule has 1 atom stereocenters. The first kappa shape index (κ1) is 8.97. The van der Waals surface area contributed by atoms with Gasteiger partial charge in [0, 0.05) is 5.75 Å². The minimum atomic E-state index is -0.544.